The normalized spacial score (nSPS) is 22.0. The monoisotopic (exact) mass is 292 g/mol. The highest BCUT2D eigenvalue weighted by Gasteiger charge is 2.29. The van der Waals surface area contributed by atoms with E-state index in [1.54, 1.807) is 0 Å². The fourth-order valence-electron chi connectivity index (χ4n) is 2.95. The molecule has 1 aromatic carbocycles. The van der Waals surface area contributed by atoms with Crippen LogP contribution < -0.4 is 5.73 Å². The molecule has 1 aliphatic rings. The van der Waals surface area contributed by atoms with Gasteiger partial charge in [-0.25, -0.2) is 0 Å². The lowest BCUT2D eigenvalue weighted by molar-refractivity contribution is 0.0623. The number of carbonyl (C=O) groups is 1. The molecule has 1 aromatic rings. The maximum Gasteiger partial charge on any atom is 0.257 e. The van der Waals surface area contributed by atoms with Crippen molar-refractivity contribution in [2.75, 3.05) is 6.54 Å². The van der Waals surface area contributed by atoms with Crippen molar-refractivity contribution in [1.29, 1.82) is 0 Å². The van der Waals surface area contributed by atoms with Crippen LogP contribution in [0.3, 0.4) is 0 Å². The van der Waals surface area contributed by atoms with Crippen molar-refractivity contribution in [3.8, 4) is 11.5 Å². The van der Waals surface area contributed by atoms with E-state index >= 15 is 0 Å². The fourth-order valence-corrected chi connectivity index (χ4v) is 2.95. The van der Waals surface area contributed by atoms with Gasteiger partial charge in [0.15, 0.2) is 0 Å². The molecule has 0 aromatic heterocycles. The van der Waals surface area contributed by atoms with Gasteiger partial charge >= 0.3 is 0 Å². The maximum absolute atomic E-state index is 12.7. The average Bonchev–Trinajstić information content (AvgIpc) is 2.48. The van der Waals surface area contributed by atoms with E-state index in [-0.39, 0.29) is 35.1 Å². The number of hydrogen-bond acceptors (Lipinski definition) is 4. The predicted molar refractivity (Wildman–Crippen MR) is 81.3 cm³/mol. The molecule has 0 atom stereocenters. The highest BCUT2D eigenvalue weighted by Crippen LogP contribution is 2.28. The number of phenols is 2. The standard InChI is InChI=1S/C16H24N2O3/c1-2-9-18(12-5-3-11(17)4-6-12)16(21)14-10-13(19)7-8-15(14)20/h7-8,10-12,19-20H,2-6,9,17H2,1H3. The Morgan fingerprint density at radius 3 is 2.57 bits per heavy atom. The van der Waals surface area contributed by atoms with Crippen LogP contribution in [-0.4, -0.2) is 39.6 Å². The molecule has 0 aliphatic heterocycles. The van der Waals surface area contributed by atoms with Gasteiger partial charge in [0, 0.05) is 18.6 Å². The van der Waals surface area contributed by atoms with Gasteiger partial charge in [-0.15, -0.1) is 0 Å². The van der Waals surface area contributed by atoms with E-state index in [1.165, 1.54) is 18.2 Å². The van der Waals surface area contributed by atoms with Crippen LogP contribution in [0.2, 0.25) is 0 Å². The summed E-state index contributed by atoms with van der Waals surface area (Å²) in [5.41, 5.74) is 6.09. The number of hydrogen-bond donors (Lipinski definition) is 3. The minimum Gasteiger partial charge on any atom is -0.508 e. The molecule has 1 amide bonds. The van der Waals surface area contributed by atoms with Crippen LogP contribution in [0.4, 0.5) is 0 Å². The smallest absolute Gasteiger partial charge is 0.257 e. The van der Waals surface area contributed by atoms with Crippen LogP contribution in [0.5, 0.6) is 11.5 Å². The summed E-state index contributed by atoms with van der Waals surface area (Å²) in [5, 5.41) is 19.4. The summed E-state index contributed by atoms with van der Waals surface area (Å²) in [6, 6.07) is 4.45. The zero-order chi connectivity index (χ0) is 15.4. The van der Waals surface area contributed by atoms with E-state index < -0.39 is 0 Å². The Balaban J connectivity index is 2.20. The Kier molecular flexibility index (Phi) is 5.07. The summed E-state index contributed by atoms with van der Waals surface area (Å²) in [7, 11) is 0. The minimum atomic E-state index is -0.217. The van der Waals surface area contributed by atoms with E-state index in [2.05, 4.69) is 0 Å². The van der Waals surface area contributed by atoms with Crippen molar-refractivity contribution in [1.82, 2.24) is 4.90 Å². The first kappa shape index (κ1) is 15.6. The number of carbonyl (C=O) groups excluding carboxylic acids is 1. The second-order valence-corrected chi connectivity index (χ2v) is 5.77. The van der Waals surface area contributed by atoms with Gasteiger partial charge < -0.3 is 20.8 Å². The lowest BCUT2D eigenvalue weighted by Gasteiger charge is -2.36. The third kappa shape index (κ3) is 3.67. The summed E-state index contributed by atoms with van der Waals surface area (Å²) in [4.78, 5) is 14.5. The molecule has 0 radical (unpaired) electrons. The van der Waals surface area contributed by atoms with E-state index in [4.69, 9.17) is 5.73 Å². The number of nitrogens with zero attached hydrogens (tertiary/aromatic N) is 1. The van der Waals surface area contributed by atoms with Crippen molar-refractivity contribution >= 4 is 5.91 Å². The molecule has 4 N–H and O–H groups in total. The first-order valence-corrected chi connectivity index (χ1v) is 7.61. The van der Waals surface area contributed by atoms with Crippen LogP contribution in [-0.2, 0) is 0 Å². The third-order valence-corrected chi connectivity index (χ3v) is 4.12. The molecular weight excluding hydrogens is 268 g/mol. The molecule has 1 fully saturated rings. The number of rotatable bonds is 4. The number of phenolic OH excluding ortho intramolecular Hbond substituents is 2. The topological polar surface area (TPSA) is 86.8 Å². The molecular formula is C16H24N2O3. The number of nitrogens with two attached hydrogens (primary N) is 1. The molecule has 5 heteroatoms. The van der Waals surface area contributed by atoms with Gasteiger partial charge in [-0.1, -0.05) is 6.92 Å². The van der Waals surface area contributed by atoms with Crippen molar-refractivity contribution in [2.45, 2.75) is 51.1 Å². The highest BCUT2D eigenvalue weighted by molar-refractivity contribution is 5.97. The zero-order valence-electron chi connectivity index (χ0n) is 12.5. The second-order valence-electron chi connectivity index (χ2n) is 5.77. The molecule has 0 unspecified atom stereocenters. The van der Waals surface area contributed by atoms with Gasteiger partial charge in [0.2, 0.25) is 0 Å². The van der Waals surface area contributed by atoms with E-state index in [0.717, 1.165) is 32.1 Å². The van der Waals surface area contributed by atoms with Gasteiger partial charge in [-0.3, -0.25) is 4.79 Å². The van der Waals surface area contributed by atoms with E-state index in [1.807, 2.05) is 11.8 Å². The largest absolute Gasteiger partial charge is 0.508 e. The summed E-state index contributed by atoms with van der Waals surface area (Å²) in [5.74, 6) is -0.324. The third-order valence-electron chi connectivity index (χ3n) is 4.12. The Labute approximate surface area is 125 Å². The molecule has 0 heterocycles. The predicted octanol–water partition coefficient (Wildman–Crippen LogP) is 2.22. The summed E-state index contributed by atoms with van der Waals surface area (Å²) in [6.45, 7) is 2.67. The Hall–Kier alpha value is -1.75. The summed E-state index contributed by atoms with van der Waals surface area (Å²) in [6.07, 6.45) is 4.49. The number of amides is 1. The van der Waals surface area contributed by atoms with E-state index in [9.17, 15) is 15.0 Å². The molecule has 1 aliphatic carbocycles. The van der Waals surface area contributed by atoms with Gasteiger partial charge in [-0.05, 0) is 50.3 Å². The summed E-state index contributed by atoms with van der Waals surface area (Å²) < 4.78 is 0. The Morgan fingerprint density at radius 1 is 1.29 bits per heavy atom. The Bertz CT molecular complexity index is 496. The second kappa shape index (κ2) is 6.80. The van der Waals surface area contributed by atoms with Crippen molar-refractivity contribution < 1.29 is 15.0 Å². The van der Waals surface area contributed by atoms with Crippen LogP contribution in [0.15, 0.2) is 18.2 Å². The average molecular weight is 292 g/mol. The van der Waals surface area contributed by atoms with Gasteiger partial charge in [0.1, 0.15) is 11.5 Å². The number of aromatic hydroxyl groups is 2. The SMILES string of the molecule is CCCN(C(=O)c1cc(O)ccc1O)C1CCC(N)CC1. The highest BCUT2D eigenvalue weighted by atomic mass is 16.3. The van der Waals surface area contributed by atoms with Crippen LogP contribution in [0, 0.1) is 0 Å². The molecule has 5 nitrogen and oxygen atoms in total. The summed E-state index contributed by atoms with van der Waals surface area (Å²) >= 11 is 0. The molecule has 116 valence electrons. The Morgan fingerprint density at radius 2 is 1.95 bits per heavy atom. The fraction of sp³-hybridized carbons (Fsp3) is 0.562. The van der Waals surface area contributed by atoms with Gasteiger partial charge in [0.25, 0.3) is 5.91 Å². The quantitative estimate of drug-likeness (QED) is 0.743. The molecule has 21 heavy (non-hydrogen) atoms. The lowest BCUT2D eigenvalue weighted by atomic mass is 9.90. The minimum absolute atomic E-state index is 0.0155. The van der Waals surface area contributed by atoms with Crippen molar-refractivity contribution in [3.05, 3.63) is 23.8 Å². The first-order valence-electron chi connectivity index (χ1n) is 7.61. The lowest BCUT2D eigenvalue weighted by Crippen LogP contribution is -2.44. The van der Waals surface area contributed by atoms with Crippen molar-refractivity contribution in [2.24, 2.45) is 5.73 Å². The molecule has 1 saturated carbocycles. The maximum atomic E-state index is 12.7. The zero-order valence-corrected chi connectivity index (χ0v) is 12.5. The molecule has 0 saturated heterocycles. The first-order chi connectivity index (χ1) is 10.0. The molecule has 0 spiro atoms. The molecule has 0 bridgehead atoms. The van der Waals surface area contributed by atoms with Crippen LogP contribution in [0.1, 0.15) is 49.4 Å². The molecule has 2 rings (SSSR count). The number of benzene rings is 1. The van der Waals surface area contributed by atoms with Gasteiger partial charge in [-0.2, -0.15) is 0 Å². The van der Waals surface area contributed by atoms with Crippen LogP contribution >= 0.6 is 0 Å². The van der Waals surface area contributed by atoms with Crippen molar-refractivity contribution in [3.63, 3.8) is 0 Å². The van der Waals surface area contributed by atoms with Gasteiger partial charge in [0.05, 0.1) is 5.56 Å². The van der Waals surface area contributed by atoms with E-state index in [0.29, 0.717) is 6.54 Å². The van der Waals surface area contributed by atoms with Crippen LogP contribution in [0.25, 0.3) is 0 Å².